The van der Waals surface area contributed by atoms with Crippen LogP contribution in [0.15, 0.2) is 17.5 Å². The van der Waals surface area contributed by atoms with E-state index in [0.717, 1.165) is 30.8 Å². The number of hydrogen-bond acceptors (Lipinski definition) is 4. The fourth-order valence-electron chi connectivity index (χ4n) is 3.50. The molecule has 1 saturated heterocycles. The minimum atomic E-state index is -0.0933. The molecule has 1 fully saturated rings. The van der Waals surface area contributed by atoms with E-state index in [4.69, 9.17) is 0 Å². The number of carbonyl (C=O) groups excluding carboxylic acids is 2. The Labute approximate surface area is 155 Å². The number of nitrogens with one attached hydrogen (secondary N) is 1. The lowest BCUT2D eigenvalue weighted by molar-refractivity contribution is -0.126. The van der Waals surface area contributed by atoms with Crippen LogP contribution < -0.4 is 5.32 Å². The van der Waals surface area contributed by atoms with Crippen LogP contribution in [0.1, 0.15) is 50.2 Å². The van der Waals surface area contributed by atoms with Gasteiger partial charge in [-0.2, -0.15) is 0 Å². The Kier molecular flexibility index (Phi) is 7.44. The van der Waals surface area contributed by atoms with Crippen molar-refractivity contribution in [1.29, 1.82) is 0 Å². The largest absolute Gasteiger partial charge is 0.355 e. The predicted molar refractivity (Wildman–Crippen MR) is 103 cm³/mol. The molecule has 0 radical (unpaired) electrons. The maximum absolute atomic E-state index is 12.5. The van der Waals surface area contributed by atoms with Gasteiger partial charge in [0, 0.05) is 38.3 Å². The predicted octanol–water partition coefficient (Wildman–Crippen LogP) is 2.84. The molecule has 0 spiro atoms. The monoisotopic (exact) mass is 365 g/mol. The van der Waals surface area contributed by atoms with Gasteiger partial charge in [-0.15, -0.1) is 11.3 Å². The average Bonchev–Trinajstić information content (AvgIpc) is 3.11. The zero-order chi connectivity index (χ0) is 18.4. The number of piperidine rings is 1. The summed E-state index contributed by atoms with van der Waals surface area (Å²) >= 11 is 1.46. The summed E-state index contributed by atoms with van der Waals surface area (Å²) < 4.78 is 0. The van der Waals surface area contributed by atoms with Gasteiger partial charge in [-0.3, -0.25) is 14.5 Å². The normalized spacial score (nSPS) is 18.2. The molecule has 0 saturated carbocycles. The number of amides is 2. The van der Waals surface area contributed by atoms with Crippen LogP contribution in [0, 0.1) is 5.92 Å². The molecule has 1 aliphatic rings. The molecule has 1 atom stereocenters. The van der Waals surface area contributed by atoms with E-state index in [1.54, 1.807) is 0 Å². The van der Waals surface area contributed by atoms with E-state index in [0.29, 0.717) is 25.2 Å². The highest BCUT2D eigenvalue weighted by Gasteiger charge is 2.29. The lowest BCUT2D eigenvalue weighted by Crippen LogP contribution is -2.47. The highest BCUT2D eigenvalue weighted by atomic mass is 32.1. The maximum atomic E-state index is 12.5. The maximum Gasteiger partial charge on any atom is 0.263 e. The van der Waals surface area contributed by atoms with E-state index in [9.17, 15) is 9.59 Å². The molecule has 1 aliphatic heterocycles. The van der Waals surface area contributed by atoms with Gasteiger partial charge in [-0.1, -0.05) is 6.07 Å². The number of rotatable bonds is 7. The zero-order valence-electron chi connectivity index (χ0n) is 15.8. The van der Waals surface area contributed by atoms with Gasteiger partial charge in [0.2, 0.25) is 5.91 Å². The Hall–Kier alpha value is -1.40. The summed E-state index contributed by atoms with van der Waals surface area (Å²) in [5, 5.41) is 4.98. The summed E-state index contributed by atoms with van der Waals surface area (Å²) in [5.74, 6) is 0.0404. The number of nitrogens with zero attached hydrogens (tertiary/aromatic N) is 2. The van der Waals surface area contributed by atoms with Crippen LogP contribution in [0.4, 0.5) is 0 Å². The third-order valence-corrected chi connectivity index (χ3v) is 5.67. The summed E-state index contributed by atoms with van der Waals surface area (Å²) in [4.78, 5) is 29.9. The van der Waals surface area contributed by atoms with Crippen molar-refractivity contribution >= 4 is 23.2 Å². The molecule has 2 rings (SSSR count). The van der Waals surface area contributed by atoms with E-state index in [2.05, 4.69) is 37.9 Å². The van der Waals surface area contributed by atoms with Crippen molar-refractivity contribution in [2.45, 2.75) is 52.6 Å². The zero-order valence-corrected chi connectivity index (χ0v) is 16.6. The van der Waals surface area contributed by atoms with Crippen LogP contribution in [0.3, 0.4) is 0 Å². The summed E-state index contributed by atoms with van der Waals surface area (Å²) in [6.07, 6.45) is 1.75. The van der Waals surface area contributed by atoms with Crippen LogP contribution in [0.25, 0.3) is 0 Å². The van der Waals surface area contributed by atoms with Crippen molar-refractivity contribution < 1.29 is 9.59 Å². The molecule has 1 unspecified atom stereocenters. The minimum absolute atomic E-state index is 0.0540. The molecule has 6 heteroatoms. The summed E-state index contributed by atoms with van der Waals surface area (Å²) in [5.41, 5.74) is 0. The molecule has 140 valence electrons. The number of thiophene rings is 1. The molecule has 1 aromatic rings. The fraction of sp³-hybridized carbons (Fsp3) is 0.684. The quantitative estimate of drug-likeness (QED) is 0.808. The van der Waals surface area contributed by atoms with Crippen LogP contribution in [-0.4, -0.2) is 59.9 Å². The van der Waals surface area contributed by atoms with Crippen molar-refractivity contribution in [3.63, 3.8) is 0 Å². The lowest BCUT2D eigenvalue weighted by atomic mass is 9.97. The van der Waals surface area contributed by atoms with Gasteiger partial charge in [-0.25, -0.2) is 0 Å². The molecule has 0 aromatic carbocycles. The van der Waals surface area contributed by atoms with E-state index in [1.165, 1.54) is 11.3 Å². The van der Waals surface area contributed by atoms with Crippen LogP contribution in [0.2, 0.25) is 0 Å². The highest BCUT2D eigenvalue weighted by Crippen LogP contribution is 2.20. The van der Waals surface area contributed by atoms with Crippen molar-refractivity contribution in [1.82, 2.24) is 15.1 Å². The first-order valence-electron chi connectivity index (χ1n) is 9.26. The Morgan fingerprint density at radius 1 is 1.32 bits per heavy atom. The van der Waals surface area contributed by atoms with Crippen LogP contribution in [-0.2, 0) is 4.79 Å². The van der Waals surface area contributed by atoms with Gasteiger partial charge in [0.05, 0.1) is 10.8 Å². The molecule has 0 bridgehead atoms. The van der Waals surface area contributed by atoms with E-state index >= 15 is 0 Å². The molecule has 2 amide bonds. The number of carbonyl (C=O) groups is 2. The lowest BCUT2D eigenvalue weighted by Gasteiger charge is -2.33. The van der Waals surface area contributed by atoms with Crippen LogP contribution >= 0.6 is 11.3 Å². The van der Waals surface area contributed by atoms with Gasteiger partial charge in [0.15, 0.2) is 0 Å². The van der Waals surface area contributed by atoms with Gasteiger partial charge < -0.3 is 10.2 Å². The molecular weight excluding hydrogens is 334 g/mol. The third-order valence-electron chi connectivity index (χ3n) is 4.81. The average molecular weight is 366 g/mol. The molecule has 1 N–H and O–H groups in total. The first-order valence-corrected chi connectivity index (χ1v) is 10.1. The summed E-state index contributed by atoms with van der Waals surface area (Å²) in [7, 11) is 0. The van der Waals surface area contributed by atoms with Crippen molar-refractivity contribution in [2.24, 2.45) is 5.92 Å². The molecule has 25 heavy (non-hydrogen) atoms. The molecular formula is C19H31N3O2S. The van der Waals surface area contributed by atoms with Crippen LogP contribution in [0.5, 0.6) is 0 Å². The van der Waals surface area contributed by atoms with E-state index in [-0.39, 0.29) is 17.7 Å². The smallest absolute Gasteiger partial charge is 0.263 e. The standard InChI is InChI=1S/C19H31N3O2S/c1-14(2)22(15(3)4)11-9-20-18(23)16-7-5-10-21(13-16)19(24)17-8-6-12-25-17/h6,8,12,14-16H,5,7,9-11,13H2,1-4H3,(H,20,23). The SMILES string of the molecule is CC(C)N(CCNC(=O)C1CCCN(C(=O)c2cccs2)C1)C(C)C. The Morgan fingerprint density at radius 2 is 2.04 bits per heavy atom. The molecule has 5 nitrogen and oxygen atoms in total. The van der Waals surface area contributed by atoms with E-state index < -0.39 is 0 Å². The second-order valence-electron chi connectivity index (χ2n) is 7.28. The number of likely N-dealkylation sites (tertiary alicyclic amines) is 1. The van der Waals surface area contributed by atoms with Gasteiger partial charge >= 0.3 is 0 Å². The number of hydrogen-bond donors (Lipinski definition) is 1. The summed E-state index contributed by atoms with van der Waals surface area (Å²) in [6.45, 7) is 11.5. The first-order chi connectivity index (χ1) is 11.9. The van der Waals surface area contributed by atoms with Gasteiger partial charge in [0.25, 0.3) is 5.91 Å². The third kappa shape index (κ3) is 5.54. The van der Waals surface area contributed by atoms with Gasteiger partial charge in [-0.05, 0) is 52.0 Å². The summed E-state index contributed by atoms with van der Waals surface area (Å²) in [6, 6.07) is 4.67. The van der Waals surface area contributed by atoms with Crippen molar-refractivity contribution in [2.75, 3.05) is 26.2 Å². The van der Waals surface area contributed by atoms with Gasteiger partial charge in [0.1, 0.15) is 0 Å². The Balaban J connectivity index is 1.82. The second-order valence-corrected chi connectivity index (χ2v) is 8.23. The Bertz CT molecular complexity index is 549. The highest BCUT2D eigenvalue weighted by molar-refractivity contribution is 7.12. The molecule has 0 aliphatic carbocycles. The first kappa shape index (κ1) is 19.9. The van der Waals surface area contributed by atoms with E-state index in [1.807, 2.05) is 22.4 Å². The van der Waals surface area contributed by atoms with Crippen molar-refractivity contribution in [3.8, 4) is 0 Å². The molecule has 2 heterocycles. The second kappa shape index (κ2) is 9.34. The topological polar surface area (TPSA) is 52.7 Å². The molecule has 1 aromatic heterocycles. The van der Waals surface area contributed by atoms with Crippen molar-refractivity contribution in [3.05, 3.63) is 22.4 Å². The Morgan fingerprint density at radius 3 is 2.64 bits per heavy atom. The minimum Gasteiger partial charge on any atom is -0.355 e. The fourth-order valence-corrected chi connectivity index (χ4v) is 4.19.